The lowest BCUT2D eigenvalue weighted by Gasteiger charge is -2.33. The smallest absolute Gasteiger partial charge is 0.410 e. The van der Waals surface area contributed by atoms with Crippen LogP contribution in [0, 0.1) is 12.8 Å². The van der Waals surface area contributed by atoms with Gasteiger partial charge in [0, 0.05) is 19.2 Å². The highest BCUT2D eigenvalue weighted by molar-refractivity contribution is 5.88. The van der Waals surface area contributed by atoms with E-state index in [1.807, 2.05) is 20.8 Å². The van der Waals surface area contributed by atoms with Gasteiger partial charge >= 0.3 is 12.1 Å². The van der Waals surface area contributed by atoms with Crippen molar-refractivity contribution in [1.82, 2.24) is 9.88 Å². The quantitative estimate of drug-likeness (QED) is 0.755. The van der Waals surface area contributed by atoms with E-state index in [4.69, 9.17) is 14.6 Å². The molecule has 2 rings (SSSR count). The summed E-state index contributed by atoms with van der Waals surface area (Å²) in [4.78, 5) is 29.0. The van der Waals surface area contributed by atoms with Crippen LogP contribution in [0.15, 0.2) is 12.1 Å². The van der Waals surface area contributed by atoms with Gasteiger partial charge in [0.05, 0.1) is 17.9 Å². The van der Waals surface area contributed by atoms with Gasteiger partial charge < -0.3 is 19.5 Å². The van der Waals surface area contributed by atoms with Crippen LogP contribution in [0.4, 0.5) is 4.79 Å². The van der Waals surface area contributed by atoms with Gasteiger partial charge in [-0.05, 0) is 65.4 Å². The summed E-state index contributed by atoms with van der Waals surface area (Å²) in [6, 6.07) is 3.11. The molecule has 1 aromatic rings. The van der Waals surface area contributed by atoms with Gasteiger partial charge in [0.2, 0.25) is 5.88 Å². The number of aromatic carboxylic acids is 1. The van der Waals surface area contributed by atoms with E-state index < -0.39 is 11.6 Å². The van der Waals surface area contributed by atoms with Gasteiger partial charge in [0.25, 0.3) is 0 Å². The highest BCUT2D eigenvalue weighted by atomic mass is 16.6. The van der Waals surface area contributed by atoms with Crippen molar-refractivity contribution in [1.29, 1.82) is 0 Å². The average molecular weight is 378 g/mol. The molecule has 7 heteroatoms. The van der Waals surface area contributed by atoms with Crippen LogP contribution >= 0.6 is 0 Å². The van der Waals surface area contributed by atoms with Crippen LogP contribution < -0.4 is 4.74 Å². The third-order valence-electron chi connectivity index (χ3n) is 4.56. The zero-order valence-electron chi connectivity index (χ0n) is 16.7. The number of likely N-dealkylation sites (tertiary alicyclic amines) is 1. The van der Waals surface area contributed by atoms with Gasteiger partial charge in [-0.15, -0.1) is 0 Å². The third kappa shape index (κ3) is 6.73. The Morgan fingerprint density at radius 2 is 1.93 bits per heavy atom. The SMILES string of the molecule is Cc1nc(OCCCC2CCN(C(=O)OC(C)(C)C)CC2)ccc1C(=O)O. The van der Waals surface area contributed by atoms with Crippen LogP contribution in [0.25, 0.3) is 0 Å². The van der Waals surface area contributed by atoms with Gasteiger partial charge in [0.1, 0.15) is 5.60 Å². The largest absolute Gasteiger partial charge is 0.478 e. The molecule has 1 fully saturated rings. The molecule has 0 unspecified atom stereocenters. The fourth-order valence-electron chi connectivity index (χ4n) is 3.12. The number of carboxylic acids is 1. The Morgan fingerprint density at radius 1 is 1.26 bits per heavy atom. The third-order valence-corrected chi connectivity index (χ3v) is 4.56. The number of hydrogen-bond acceptors (Lipinski definition) is 5. The summed E-state index contributed by atoms with van der Waals surface area (Å²) in [5, 5.41) is 9.01. The second-order valence-corrected chi connectivity index (χ2v) is 7.99. The minimum Gasteiger partial charge on any atom is -0.478 e. The van der Waals surface area contributed by atoms with E-state index in [1.54, 1.807) is 17.9 Å². The maximum atomic E-state index is 12.1. The molecule has 0 radical (unpaired) electrons. The highest BCUT2D eigenvalue weighted by Gasteiger charge is 2.26. The maximum absolute atomic E-state index is 12.1. The summed E-state index contributed by atoms with van der Waals surface area (Å²) in [7, 11) is 0. The minimum absolute atomic E-state index is 0.194. The zero-order chi connectivity index (χ0) is 20.0. The van der Waals surface area contributed by atoms with Gasteiger partial charge in [-0.3, -0.25) is 0 Å². The number of pyridine rings is 1. The fraction of sp³-hybridized carbons (Fsp3) is 0.650. The molecule has 1 aromatic heterocycles. The first kappa shape index (κ1) is 21.0. The molecule has 1 saturated heterocycles. The number of rotatable bonds is 6. The molecule has 27 heavy (non-hydrogen) atoms. The van der Waals surface area contributed by atoms with Crippen molar-refractivity contribution >= 4 is 12.1 Å². The molecule has 0 bridgehead atoms. The fourth-order valence-corrected chi connectivity index (χ4v) is 3.12. The van der Waals surface area contributed by atoms with E-state index in [2.05, 4.69) is 4.98 Å². The molecule has 1 aliphatic heterocycles. The Balaban J connectivity index is 1.67. The minimum atomic E-state index is -0.982. The summed E-state index contributed by atoms with van der Waals surface area (Å²) in [6.45, 7) is 9.31. The van der Waals surface area contributed by atoms with E-state index in [0.29, 0.717) is 24.1 Å². The maximum Gasteiger partial charge on any atom is 0.410 e. The molecule has 150 valence electrons. The van der Waals surface area contributed by atoms with Gasteiger partial charge in [-0.1, -0.05) is 0 Å². The Bertz CT molecular complexity index is 661. The molecule has 1 aliphatic rings. The number of amides is 1. The first-order valence-corrected chi connectivity index (χ1v) is 9.47. The Morgan fingerprint density at radius 3 is 2.48 bits per heavy atom. The summed E-state index contributed by atoms with van der Waals surface area (Å²) in [5.74, 6) is 0.0536. The number of aryl methyl sites for hydroxylation is 1. The van der Waals surface area contributed by atoms with E-state index in [1.165, 1.54) is 6.07 Å². The van der Waals surface area contributed by atoms with Crippen LogP contribution in [0.3, 0.4) is 0 Å². The van der Waals surface area contributed by atoms with Crippen molar-refractivity contribution < 1.29 is 24.2 Å². The first-order chi connectivity index (χ1) is 12.7. The molecule has 1 amide bonds. The Labute approximate surface area is 160 Å². The Hall–Kier alpha value is -2.31. The predicted molar refractivity (Wildman–Crippen MR) is 101 cm³/mol. The second-order valence-electron chi connectivity index (χ2n) is 7.99. The summed E-state index contributed by atoms with van der Waals surface area (Å²) >= 11 is 0. The van der Waals surface area contributed by atoms with Crippen molar-refractivity contribution in [2.24, 2.45) is 5.92 Å². The van der Waals surface area contributed by atoms with E-state index in [9.17, 15) is 9.59 Å². The number of piperidine rings is 1. The predicted octanol–water partition coefficient (Wildman–Crippen LogP) is 3.89. The summed E-state index contributed by atoms with van der Waals surface area (Å²) < 4.78 is 11.1. The lowest BCUT2D eigenvalue weighted by molar-refractivity contribution is 0.0179. The van der Waals surface area contributed by atoms with Crippen LogP contribution in [0.2, 0.25) is 0 Å². The number of aromatic nitrogens is 1. The van der Waals surface area contributed by atoms with Crippen LogP contribution in [-0.4, -0.2) is 52.4 Å². The monoisotopic (exact) mass is 378 g/mol. The van der Waals surface area contributed by atoms with Crippen molar-refractivity contribution in [2.75, 3.05) is 19.7 Å². The molecule has 1 N–H and O–H groups in total. The van der Waals surface area contributed by atoms with Crippen molar-refractivity contribution in [3.8, 4) is 5.88 Å². The molecule has 7 nitrogen and oxygen atoms in total. The topological polar surface area (TPSA) is 89.0 Å². The number of hydrogen-bond donors (Lipinski definition) is 1. The van der Waals surface area contributed by atoms with Gasteiger partial charge in [0.15, 0.2) is 0 Å². The number of nitrogens with zero attached hydrogens (tertiary/aromatic N) is 2. The van der Waals surface area contributed by atoms with Crippen LogP contribution in [0.5, 0.6) is 5.88 Å². The lowest BCUT2D eigenvalue weighted by atomic mass is 9.92. The van der Waals surface area contributed by atoms with Crippen molar-refractivity contribution in [3.05, 3.63) is 23.4 Å². The van der Waals surface area contributed by atoms with Gasteiger partial charge in [-0.25, -0.2) is 14.6 Å². The van der Waals surface area contributed by atoms with Crippen molar-refractivity contribution in [3.63, 3.8) is 0 Å². The molecule has 0 saturated carbocycles. The summed E-state index contributed by atoms with van der Waals surface area (Å²) in [5.41, 5.74) is 0.189. The highest BCUT2D eigenvalue weighted by Crippen LogP contribution is 2.23. The van der Waals surface area contributed by atoms with Gasteiger partial charge in [-0.2, -0.15) is 0 Å². The molecule has 0 spiro atoms. The van der Waals surface area contributed by atoms with E-state index in [0.717, 1.165) is 38.8 Å². The first-order valence-electron chi connectivity index (χ1n) is 9.47. The number of carboxylic acid groups (broad SMARTS) is 1. The van der Waals surface area contributed by atoms with Crippen LogP contribution in [-0.2, 0) is 4.74 Å². The summed E-state index contributed by atoms with van der Waals surface area (Å²) in [6.07, 6.45) is 3.66. The van der Waals surface area contributed by atoms with Crippen LogP contribution in [0.1, 0.15) is 62.5 Å². The standard InChI is InChI=1S/C20H30N2O5/c1-14-16(18(23)24)7-8-17(21-14)26-13-5-6-15-9-11-22(12-10-15)19(25)27-20(2,3)4/h7-8,15H,5-6,9-13H2,1-4H3,(H,23,24). The normalized spacial score (nSPS) is 15.5. The number of carbonyl (C=O) groups is 2. The second kappa shape index (κ2) is 9.06. The molecular weight excluding hydrogens is 348 g/mol. The lowest BCUT2D eigenvalue weighted by Crippen LogP contribution is -2.41. The average Bonchev–Trinajstić information content (AvgIpc) is 2.57. The molecule has 0 aromatic carbocycles. The van der Waals surface area contributed by atoms with Crippen molar-refractivity contribution in [2.45, 2.75) is 59.0 Å². The zero-order valence-corrected chi connectivity index (χ0v) is 16.7. The molecular formula is C20H30N2O5. The molecule has 0 atom stereocenters. The van der Waals surface area contributed by atoms with E-state index in [-0.39, 0.29) is 11.7 Å². The Kier molecular flexibility index (Phi) is 7.05. The molecule has 2 heterocycles. The van der Waals surface area contributed by atoms with E-state index >= 15 is 0 Å². The number of carbonyl (C=O) groups excluding carboxylic acids is 1. The number of ether oxygens (including phenoxy) is 2. The molecule has 0 aliphatic carbocycles.